The molecule has 16 heavy (non-hydrogen) atoms. The van der Waals surface area contributed by atoms with Crippen LogP contribution < -0.4 is 4.74 Å². The van der Waals surface area contributed by atoms with E-state index >= 15 is 0 Å². The van der Waals surface area contributed by atoms with Crippen molar-refractivity contribution >= 4 is 21.9 Å². The van der Waals surface area contributed by atoms with E-state index in [2.05, 4.69) is 22.0 Å². The molecule has 0 spiro atoms. The Hall–Kier alpha value is -1.03. The average Bonchev–Trinajstić information content (AvgIpc) is 2.25. The van der Waals surface area contributed by atoms with E-state index in [1.165, 1.54) is 6.92 Å². The van der Waals surface area contributed by atoms with Gasteiger partial charge in [0.2, 0.25) is 0 Å². The zero-order valence-corrected chi connectivity index (χ0v) is 10.6. The number of benzene rings is 1. The van der Waals surface area contributed by atoms with Crippen LogP contribution in [0.2, 0.25) is 0 Å². The molecule has 1 atom stereocenters. The standard InChI is InChI=1S/C12H13BrO3/c1-8(14)15-6-9-4-10-5-11(13)2-3-12(10)16-7-9/h2-3,5,9H,4,6-7H2,1H3. The number of fused-ring (bicyclic) bond motifs is 1. The summed E-state index contributed by atoms with van der Waals surface area (Å²) in [6.45, 7) is 2.47. The third kappa shape index (κ3) is 2.76. The molecule has 3 nitrogen and oxygen atoms in total. The quantitative estimate of drug-likeness (QED) is 0.783. The van der Waals surface area contributed by atoms with Crippen LogP contribution in [0.3, 0.4) is 0 Å². The van der Waals surface area contributed by atoms with Gasteiger partial charge >= 0.3 is 5.97 Å². The van der Waals surface area contributed by atoms with Gasteiger partial charge in [0, 0.05) is 17.3 Å². The minimum atomic E-state index is -0.236. The fourth-order valence-corrected chi connectivity index (χ4v) is 2.18. The van der Waals surface area contributed by atoms with Crippen molar-refractivity contribution in [3.63, 3.8) is 0 Å². The first-order valence-electron chi connectivity index (χ1n) is 5.20. The highest BCUT2D eigenvalue weighted by atomic mass is 79.9. The molecule has 1 aromatic rings. The molecule has 1 heterocycles. The van der Waals surface area contributed by atoms with E-state index in [0.29, 0.717) is 13.2 Å². The normalized spacial score (nSPS) is 18.5. The third-order valence-corrected chi connectivity index (χ3v) is 3.02. The van der Waals surface area contributed by atoms with Gasteiger partial charge in [0.05, 0.1) is 13.2 Å². The summed E-state index contributed by atoms with van der Waals surface area (Å²) in [4.78, 5) is 10.7. The van der Waals surface area contributed by atoms with Gasteiger partial charge in [-0.3, -0.25) is 4.79 Å². The Morgan fingerprint density at radius 2 is 2.44 bits per heavy atom. The zero-order valence-electron chi connectivity index (χ0n) is 9.03. The Morgan fingerprint density at radius 3 is 3.19 bits per heavy atom. The number of carbonyl (C=O) groups excluding carboxylic acids is 1. The van der Waals surface area contributed by atoms with Crippen molar-refractivity contribution in [2.24, 2.45) is 5.92 Å². The fourth-order valence-electron chi connectivity index (χ4n) is 1.77. The van der Waals surface area contributed by atoms with Crippen molar-refractivity contribution in [2.75, 3.05) is 13.2 Å². The van der Waals surface area contributed by atoms with E-state index in [1.54, 1.807) is 0 Å². The lowest BCUT2D eigenvalue weighted by Gasteiger charge is -2.24. The van der Waals surface area contributed by atoms with Gasteiger partial charge in [0.1, 0.15) is 5.75 Å². The van der Waals surface area contributed by atoms with Crippen LogP contribution in [0.25, 0.3) is 0 Å². The molecule has 86 valence electrons. The van der Waals surface area contributed by atoms with E-state index in [9.17, 15) is 4.79 Å². The van der Waals surface area contributed by atoms with Gasteiger partial charge in [0.15, 0.2) is 0 Å². The second kappa shape index (κ2) is 4.87. The smallest absolute Gasteiger partial charge is 0.302 e. The summed E-state index contributed by atoms with van der Waals surface area (Å²) in [6, 6.07) is 5.97. The fraction of sp³-hybridized carbons (Fsp3) is 0.417. The first-order valence-corrected chi connectivity index (χ1v) is 5.99. The second-order valence-electron chi connectivity index (χ2n) is 3.94. The Labute approximate surface area is 103 Å². The molecule has 1 aliphatic heterocycles. The molecule has 1 aromatic carbocycles. The van der Waals surface area contributed by atoms with Crippen LogP contribution in [-0.2, 0) is 16.0 Å². The molecule has 2 rings (SSSR count). The first-order chi connectivity index (χ1) is 7.65. The van der Waals surface area contributed by atoms with Crippen LogP contribution in [0.1, 0.15) is 12.5 Å². The zero-order chi connectivity index (χ0) is 11.5. The van der Waals surface area contributed by atoms with Gasteiger partial charge in [0.25, 0.3) is 0 Å². The lowest BCUT2D eigenvalue weighted by Crippen LogP contribution is -2.25. The van der Waals surface area contributed by atoms with Crippen LogP contribution in [0.4, 0.5) is 0 Å². The maximum absolute atomic E-state index is 10.7. The van der Waals surface area contributed by atoms with Crippen molar-refractivity contribution in [3.05, 3.63) is 28.2 Å². The van der Waals surface area contributed by atoms with Crippen LogP contribution in [0.15, 0.2) is 22.7 Å². The molecule has 0 amide bonds. The van der Waals surface area contributed by atoms with Gasteiger partial charge in [-0.2, -0.15) is 0 Å². The maximum atomic E-state index is 10.7. The molecule has 1 aliphatic rings. The van der Waals surface area contributed by atoms with Crippen LogP contribution in [0, 0.1) is 5.92 Å². The highest BCUT2D eigenvalue weighted by Crippen LogP contribution is 2.29. The van der Waals surface area contributed by atoms with E-state index < -0.39 is 0 Å². The molecule has 0 bridgehead atoms. The number of hydrogen-bond donors (Lipinski definition) is 0. The SMILES string of the molecule is CC(=O)OCC1COc2ccc(Br)cc2C1. The number of carbonyl (C=O) groups is 1. The summed E-state index contributed by atoms with van der Waals surface area (Å²) in [7, 11) is 0. The Kier molecular flexibility index (Phi) is 3.49. The monoisotopic (exact) mass is 284 g/mol. The van der Waals surface area contributed by atoms with Crippen molar-refractivity contribution in [2.45, 2.75) is 13.3 Å². The van der Waals surface area contributed by atoms with Crippen molar-refractivity contribution in [3.8, 4) is 5.75 Å². The summed E-state index contributed by atoms with van der Waals surface area (Å²) in [5.74, 6) is 0.952. The van der Waals surface area contributed by atoms with Gasteiger partial charge in [-0.05, 0) is 30.2 Å². The molecule has 1 unspecified atom stereocenters. The summed E-state index contributed by atoms with van der Waals surface area (Å²) in [6.07, 6.45) is 0.891. The number of ether oxygens (including phenoxy) is 2. The summed E-state index contributed by atoms with van der Waals surface area (Å²) in [5.41, 5.74) is 1.16. The Balaban J connectivity index is 2.02. The largest absolute Gasteiger partial charge is 0.493 e. The highest BCUT2D eigenvalue weighted by molar-refractivity contribution is 9.10. The van der Waals surface area contributed by atoms with Gasteiger partial charge in [-0.1, -0.05) is 15.9 Å². The average molecular weight is 285 g/mol. The Morgan fingerprint density at radius 1 is 1.62 bits per heavy atom. The second-order valence-corrected chi connectivity index (χ2v) is 4.85. The third-order valence-electron chi connectivity index (χ3n) is 2.53. The molecule has 0 N–H and O–H groups in total. The molecule has 0 fully saturated rings. The molecule has 0 radical (unpaired) electrons. The van der Waals surface area contributed by atoms with Gasteiger partial charge in [-0.15, -0.1) is 0 Å². The summed E-state index contributed by atoms with van der Waals surface area (Å²) < 4.78 is 11.7. The summed E-state index contributed by atoms with van der Waals surface area (Å²) in [5, 5.41) is 0. The predicted molar refractivity (Wildman–Crippen MR) is 63.5 cm³/mol. The predicted octanol–water partition coefficient (Wildman–Crippen LogP) is 2.56. The molecule has 0 aromatic heterocycles. The lowest BCUT2D eigenvalue weighted by atomic mass is 9.97. The Bertz CT molecular complexity index is 403. The van der Waals surface area contributed by atoms with Crippen molar-refractivity contribution < 1.29 is 14.3 Å². The van der Waals surface area contributed by atoms with Gasteiger partial charge < -0.3 is 9.47 Å². The molecule has 0 aliphatic carbocycles. The van der Waals surface area contributed by atoms with E-state index in [4.69, 9.17) is 9.47 Å². The molecular formula is C12H13BrO3. The number of hydrogen-bond acceptors (Lipinski definition) is 3. The number of halogens is 1. The molecular weight excluding hydrogens is 272 g/mol. The minimum Gasteiger partial charge on any atom is -0.493 e. The number of rotatable bonds is 2. The molecule has 4 heteroatoms. The molecule has 0 saturated heterocycles. The van der Waals surface area contributed by atoms with Crippen molar-refractivity contribution in [1.29, 1.82) is 0 Å². The first kappa shape index (κ1) is 11.5. The van der Waals surface area contributed by atoms with Crippen LogP contribution >= 0.6 is 15.9 Å². The highest BCUT2D eigenvalue weighted by Gasteiger charge is 2.20. The van der Waals surface area contributed by atoms with Crippen LogP contribution in [0.5, 0.6) is 5.75 Å². The topological polar surface area (TPSA) is 35.5 Å². The van der Waals surface area contributed by atoms with Crippen LogP contribution in [-0.4, -0.2) is 19.2 Å². The van der Waals surface area contributed by atoms with E-state index in [1.807, 2.05) is 12.1 Å². The number of esters is 1. The maximum Gasteiger partial charge on any atom is 0.302 e. The van der Waals surface area contributed by atoms with Crippen molar-refractivity contribution in [1.82, 2.24) is 0 Å². The summed E-state index contributed by atoms with van der Waals surface area (Å²) >= 11 is 3.43. The molecule has 0 saturated carbocycles. The lowest BCUT2D eigenvalue weighted by molar-refractivity contribution is -0.142. The minimum absolute atomic E-state index is 0.236. The van der Waals surface area contributed by atoms with E-state index in [-0.39, 0.29) is 11.9 Å². The van der Waals surface area contributed by atoms with E-state index in [0.717, 1.165) is 22.2 Å². The van der Waals surface area contributed by atoms with Gasteiger partial charge in [-0.25, -0.2) is 0 Å².